The molecule has 0 radical (unpaired) electrons. The summed E-state index contributed by atoms with van der Waals surface area (Å²) in [6, 6.07) is 7.16. The van der Waals surface area contributed by atoms with Crippen LogP contribution >= 0.6 is 11.8 Å². The van der Waals surface area contributed by atoms with Crippen molar-refractivity contribution in [2.45, 2.75) is 5.16 Å². The Morgan fingerprint density at radius 1 is 1.12 bits per heavy atom. The van der Waals surface area contributed by atoms with Crippen molar-refractivity contribution in [1.29, 1.82) is 0 Å². The van der Waals surface area contributed by atoms with Crippen LogP contribution in [0, 0.1) is 0 Å². The SMILES string of the molecule is COc1ccc(OC)c(-c2cc3cnc(SC)nc3n(C)c2=O)c1. The zero-order valence-electron chi connectivity index (χ0n) is 13.9. The number of thioether (sulfide) groups is 1. The van der Waals surface area contributed by atoms with Gasteiger partial charge in [-0.05, 0) is 30.5 Å². The highest BCUT2D eigenvalue weighted by Crippen LogP contribution is 2.32. The summed E-state index contributed by atoms with van der Waals surface area (Å²) < 4.78 is 12.2. The Labute approximate surface area is 143 Å². The number of aryl methyl sites for hydroxylation is 1. The molecule has 2 heterocycles. The molecule has 0 aliphatic carbocycles. The van der Waals surface area contributed by atoms with Gasteiger partial charge >= 0.3 is 0 Å². The summed E-state index contributed by atoms with van der Waals surface area (Å²) >= 11 is 1.44. The van der Waals surface area contributed by atoms with E-state index in [0.29, 0.717) is 33.4 Å². The highest BCUT2D eigenvalue weighted by Gasteiger charge is 2.15. The van der Waals surface area contributed by atoms with Crippen molar-refractivity contribution < 1.29 is 9.47 Å². The van der Waals surface area contributed by atoms with E-state index in [1.165, 1.54) is 16.3 Å². The zero-order chi connectivity index (χ0) is 17.3. The topological polar surface area (TPSA) is 66.2 Å². The second kappa shape index (κ2) is 6.52. The summed E-state index contributed by atoms with van der Waals surface area (Å²) in [7, 11) is 4.87. The van der Waals surface area contributed by atoms with Crippen LogP contribution in [0.5, 0.6) is 11.5 Å². The van der Waals surface area contributed by atoms with E-state index in [4.69, 9.17) is 9.47 Å². The van der Waals surface area contributed by atoms with E-state index < -0.39 is 0 Å². The van der Waals surface area contributed by atoms with Gasteiger partial charge in [-0.15, -0.1) is 0 Å². The van der Waals surface area contributed by atoms with Gasteiger partial charge in [0.05, 0.1) is 19.8 Å². The first-order valence-electron chi connectivity index (χ1n) is 7.22. The number of pyridine rings is 1. The maximum absolute atomic E-state index is 12.8. The molecule has 6 nitrogen and oxygen atoms in total. The van der Waals surface area contributed by atoms with Crippen molar-refractivity contribution in [3.8, 4) is 22.6 Å². The molecular weight excluding hydrogens is 326 g/mol. The lowest BCUT2D eigenvalue weighted by atomic mass is 10.0. The predicted octanol–water partition coefficient (Wildman–Crippen LogP) is 2.73. The largest absolute Gasteiger partial charge is 0.497 e. The van der Waals surface area contributed by atoms with Crippen molar-refractivity contribution in [3.05, 3.63) is 40.8 Å². The van der Waals surface area contributed by atoms with Crippen LogP contribution in [0.1, 0.15) is 0 Å². The number of hydrogen-bond acceptors (Lipinski definition) is 6. The molecule has 0 amide bonds. The van der Waals surface area contributed by atoms with E-state index in [1.807, 2.05) is 6.26 Å². The van der Waals surface area contributed by atoms with Gasteiger partial charge in [0, 0.05) is 24.2 Å². The molecule has 0 saturated carbocycles. The Morgan fingerprint density at radius 3 is 2.58 bits per heavy atom. The van der Waals surface area contributed by atoms with Gasteiger partial charge in [0.2, 0.25) is 0 Å². The maximum atomic E-state index is 12.8. The predicted molar refractivity (Wildman–Crippen MR) is 95.1 cm³/mol. The average Bonchev–Trinajstić information content (AvgIpc) is 2.63. The molecule has 0 aliphatic heterocycles. The number of ether oxygens (including phenoxy) is 2. The molecule has 2 aromatic heterocycles. The monoisotopic (exact) mass is 343 g/mol. The van der Waals surface area contributed by atoms with Crippen molar-refractivity contribution in [2.24, 2.45) is 7.05 Å². The Morgan fingerprint density at radius 2 is 1.92 bits per heavy atom. The van der Waals surface area contributed by atoms with Gasteiger partial charge in [0.1, 0.15) is 17.1 Å². The third kappa shape index (κ3) is 2.71. The molecule has 0 aliphatic rings. The zero-order valence-corrected chi connectivity index (χ0v) is 14.7. The molecule has 0 fully saturated rings. The lowest BCUT2D eigenvalue weighted by molar-refractivity contribution is 0.404. The number of fused-ring (bicyclic) bond motifs is 1. The third-order valence-corrected chi connectivity index (χ3v) is 4.37. The Balaban J connectivity index is 2.32. The molecule has 124 valence electrons. The van der Waals surface area contributed by atoms with Crippen molar-refractivity contribution in [3.63, 3.8) is 0 Å². The Bertz CT molecular complexity index is 969. The number of aromatic nitrogens is 3. The fraction of sp³-hybridized carbons (Fsp3) is 0.235. The molecule has 0 unspecified atom stereocenters. The molecule has 0 spiro atoms. The van der Waals surface area contributed by atoms with Crippen LogP contribution in [-0.4, -0.2) is 35.0 Å². The van der Waals surface area contributed by atoms with Crippen LogP contribution in [-0.2, 0) is 7.05 Å². The van der Waals surface area contributed by atoms with E-state index in [9.17, 15) is 4.79 Å². The lowest BCUT2D eigenvalue weighted by Gasteiger charge is -2.12. The summed E-state index contributed by atoms with van der Waals surface area (Å²) in [5, 5.41) is 1.42. The summed E-state index contributed by atoms with van der Waals surface area (Å²) in [5.74, 6) is 1.26. The van der Waals surface area contributed by atoms with Gasteiger partial charge in [0.15, 0.2) is 5.16 Å². The van der Waals surface area contributed by atoms with Crippen LogP contribution < -0.4 is 15.0 Å². The minimum absolute atomic E-state index is 0.153. The second-order valence-electron chi connectivity index (χ2n) is 5.12. The molecule has 1 aromatic carbocycles. The van der Waals surface area contributed by atoms with Gasteiger partial charge in [-0.25, -0.2) is 9.97 Å². The van der Waals surface area contributed by atoms with Gasteiger partial charge < -0.3 is 9.47 Å². The molecule has 0 bridgehead atoms. The van der Waals surface area contributed by atoms with Crippen molar-refractivity contribution >= 4 is 22.8 Å². The molecule has 3 aromatic rings. The van der Waals surface area contributed by atoms with Crippen LogP contribution in [0.15, 0.2) is 40.4 Å². The Kier molecular flexibility index (Phi) is 4.44. The molecule has 0 saturated heterocycles. The molecule has 0 atom stereocenters. The number of methoxy groups -OCH3 is 2. The minimum Gasteiger partial charge on any atom is -0.497 e. The highest BCUT2D eigenvalue weighted by molar-refractivity contribution is 7.98. The van der Waals surface area contributed by atoms with Gasteiger partial charge in [-0.2, -0.15) is 0 Å². The molecule has 24 heavy (non-hydrogen) atoms. The fourth-order valence-electron chi connectivity index (χ4n) is 2.55. The summed E-state index contributed by atoms with van der Waals surface area (Å²) in [5.41, 5.74) is 1.64. The summed E-state index contributed by atoms with van der Waals surface area (Å²) in [6.07, 6.45) is 3.62. The molecule has 0 N–H and O–H groups in total. The van der Waals surface area contributed by atoms with E-state index in [2.05, 4.69) is 9.97 Å². The van der Waals surface area contributed by atoms with Crippen LogP contribution in [0.25, 0.3) is 22.2 Å². The molecular formula is C17H17N3O3S. The van der Waals surface area contributed by atoms with Gasteiger partial charge in [-0.3, -0.25) is 9.36 Å². The lowest BCUT2D eigenvalue weighted by Crippen LogP contribution is -2.20. The Hall–Kier alpha value is -2.54. The number of benzene rings is 1. The number of nitrogens with zero attached hydrogens (tertiary/aromatic N) is 3. The normalized spacial score (nSPS) is 10.8. The summed E-state index contributed by atoms with van der Waals surface area (Å²) in [4.78, 5) is 21.6. The fourth-order valence-corrected chi connectivity index (χ4v) is 2.88. The number of rotatable bonds is 4. The molecule has 7 heteroatoms. The van der Waals surface area contributed by atoms with E-state index >= 15 is 0 Å². The number of hydrogen-bond donors (Lipinski definition) is 0. The summed E-state index contributed by atoms with van der Waals surface area (Å²) in [6.45, 7) is 0. The highest BCUT2D eigenvalue weighted by atomic mass is 32.2. The smallest absolute Gasteiger partial charge is 0.259 e. The van der Waals surface area contributed by atoms with E-state index in [1.54, 1.807) is 51.7 Å². The quantitative estimate of drug-likeness (QED) is 0.536. The minimum atomic E-state index is -0.153. The van der Waals surface area contributed by atoms with Crippen molar-refractivity contribution in [1.82, 2.24) is 14.5 Å². The van der Waals surface area contributed by atoms with E-state index in [0.717, 1.165) is 5.39 Å². The first-order valence-corrected chi connectivity index (χ1v) is 8.44. The van der Waals surface area contributed by atoms with Crippen molar-refractivity contribution in [2.75, 3.05) is 20.5 Å². The first kappa shape index (κ1) is 16.3. The standard InChI is InChI=1S/C17H17N3O3S/c1-20-15-10(9-18-17(19-15)24-4)7-13(16(20)21)12-8-11(22-2)5-6-14(12)23-3/h5-9H,1-4H3. The first-order chi connectivity index (χ1) is 11.6. The van der Waals surface area contributed by atoms with Gasteiger partial charge in [-0.1, -0.05) is 11.8 Å². The second-order valence-corrected chi connectivity index (χ2v) is 5.90. The van der Waals surface area contributed by atoms with Crippen LogP contribution in [0.2, 0.25) is 0 Å². The average molecular weight is 343 g/mol. The van der Waals surface area contributed by atoms with Gasteiger partial charge in [0.25, 0.3) is 5.56 Å². The van der Waals surface area contributed by atoms with Crippen LogP contribution in [0.4, 0.5) is 0 Å². The third-order valence-electron chi connectivity index (χ3n) is 3.81. The van der Waals surface area contributed by atoms with E-state index in [-0.39, 0.29) is 5.56 Å². The molecule has 3 rings (SSSR count). The van der Waals surface area contributed by atoms with Crippen LogP contribution in [0.3, 0.4) is 0 Å². The maximum Gasteiger partial charge on any atom is 0.259 e.